The Morgan fingerprint density at radius 1 is 1.46 bits per heavy atom. The van der Waals surface area contributed by atoms with Gasteiger partial charge in [0.25, 0.3) is 0 Å². The van der Waals surface area contributed by atoms with Crippen LogP contribution in [0.4, 0.5) is 0 Å². The van der Waals surface area contributed by atoms with Crippen LogP contribution in [-0.2, 0) is 6.42 Å². The van der Waals surface area contributed by atoms with Crippen LogP contribution in [0.25, 0.3) is 0 Å². The number of aryl methyl sites for hydroxylation is 1. The number of carbonyl (C=O) groups excluding carboxylic acids is 1. The summed E-state index contributed by atoms with van der Waals surface area (Å²) in [6, 6.07) is 7.10. The third-order valence-electron chi connectivity index (χ3n) is 3.91. The lowest BCUT2D eigenvalue weighted by atomic mass is 9.98. The molecule has 2 N–H and O–H groups in total. The van der Waals surface area contributed by atoms with E-state index in [4.69, 9.17) is 17.3 Å². The number of hydrogen-bond donors (Lipinski definition) is 1. The van der Waals surface area contributed by atoms with Crippen LogP contribution in [0.15, 0.2) is 46.1 Å². The van der Waals surface area contributed by atoms with Gasteiger partial charge >= 0.3 is 0 Å². The highest BCUT2D eigenvalue weighted by Gasteiger charge is 2.08. The van der Waals surface area contributed by atoms with Gasteiger partial charge in [0.1, 0.15) is 0 Å². The topological polar surface area (TPSA) is 79.2 Å². The lowest BCUT2D eigenvalue weighted by Crippen LogP contribution is -2.11. The molecule has 5 heteroatoms. The third-order valence-corrected chi connectivity index (χ3v) is 4.14. The first-order valence-electron chi connectivity index (χ1n) is 7.93. The minimum atomic E-state index is -0.483. The van der Waals surface area contributed by atoms with E-state index in [-0.39, 0.29) is 0 Å². The fraction of sp³-hybridized carbons (Fsp3) is 0.316. The summed E-state index contributed by atoms with van der Waals surface area (Å²) in [6.45, 7) is 2.12. The number of primary amides is 1. The van der Waals surface area contributed by atoms with E-state index in [1.54, 1.807) is 24.4 Å². The molecule has 2 rings (SSSR count). The maximum Gasteiger partial charge on any atom is 0.248 e. The number of nitrogens with zero attached hydrogens (tertiary/aromatic N) is 2. The maximum atomic E-state index is 11.3. The number of aliphatic imine (C=N–C) groups is 1. The summed E-state index contributed by atoms with van der Waals surface area (Å²) in [6.07, 6.45) is 9.02. The van der Waals surface area contributed by atoms with Gasteiger partial charge < -0.3 is 5.73 Å². The molecule has 1 aliphatic rings. The van der Waals surface area contributed by atoms with Crippen LogP contribution in [0.2, 0.25) is 0 Å². The highest BCUT2D eigenvalue weighted by atomic mass is 35.5. The second-order valence-corrected chi connectivity index (χ2v) is 6.36. The number of nitrogens with two attached hydrogens (primary N) is 1. The van der Waals surface area contributed by atoms with Gasteiger partial charge in [-0.2, -0.15) is 5.26 Å². The fourth-order valence-electron chi connectivity index (χ4n) is 2.59. The minimum absolute atomic E-state index is 0.386. The summed E-state index contributed by atoms with van der Waals surface area (Å²) in [5.74, 6) is -0.0971. The Balaban J connectivity index is 2.04. The predicted octanol–water partition coefficient (Wildman–Crippen LogP) is 4.10. The Bertz CT molecular complexity index is 756. The molecule has 24 heavy (non-hydrogen) atoms. The monoisotopic (exact) mass is 341 g/mol. The lowest BCUT2D eigenvalue weighted by Gasteiger charge is -2.10. The Morgan fingerprint density at radius 2 is 2.25 bits per heavy atom. The van der Waals surface area contributed by atoms with Crippen LogP contribution in [0.3, 0.4) is 0 Å². The van der Waals surface area contributed by atoms with Crippen molar-refractivity contribution in [2.75, 3.05) is 0 Å². The van der Waals surface area contributed by atoms with Crippen molar-refractivity contribution < 1.29 is 4.79 Å². The van der Waals surface area contributed by atoms with Gasteiger partial charge in [-0.3, -0.25) is 9.79 Å². The van der Waals surface area contributed by atoms with E-state index in [0.29, 0.717) is 28.5 Å². The van der Waals surface area contributed by atoms with Crippen molar-refractivity contribution in [3.63, 3.8) is 0 Å². The molecule has 0 aliphatic carbocycles. The van der Waals surface area contributed by atoms with E-state index < -0.39 is 5.91 Å². The van der Waals surface area contributed by atoms with Crippen LogP contribution in [0, 0.1) is 17.2 Å². The summed E-state index contributed by atoms with van der Waals surface area (Å²) in [7, 11) is 0. The van der Waals surface area contributed by atoms with Crippen molar-refractivity contribution in [2.24, 2.45) is 16.6 Å². The van der Waals surface area contributed by atoms with Gasteiger partial charge in [-0.1, -0.05) is 30.7 Å². The summed E-state index contributed by atoms with van der Waals surface area (Å²) in [5, 5.41) is 9.86. The zero-order valence-corrected chi connectivity index (χ0v) is 14.4. The molecule has 0 saturated heterocycles. The molecule has 1 aromatic carbocycles. The number of hydrogen-bond acceptors (Lipinski definition) is 3. The quantitative estimate of drug-likeness (QED) is 0.875. The molecule has 0 radical (unpaired) electrons. The van der Waals surface area contributed by atoms with Gasteiger partial charge in [-0.15, -0.1) is 0 Å². The van der Waals surface area contributed by atoms with Crippen molar-refractivity contribution in [3.8, 4) is 6.07 Å². The number of halogens is 1. The van der Waals surface area contributed by atoms with Crippen LogP contribution in [-0.4, -0.2) is 12.1 Å². The largest absolute Gasteiger partial charge is 0.366 e. The number of benzene rings is 1. The van der Waals surface area contributed by atoms with Gasteiger partial charge in [0, 0.05) is 17.5 Å². The smallest absolute Gasteiger partial charge is 0.248 e. The minimum Gasteiger partial charge on any atom is -0.366 e. The van der Waals surface area contributed by atoms with Crippen molar-refractivity contribution in [1.82, 2.24) is 0 Å². The van der Waals surface area contributed by atoms with E-state index in [0.717, 1.165) is 30.5 Å². The zero-order valence-electron chi connectivity index (χ0n) is 13.6. The molecule has 0 spiro atoms. The molecule has 0 bridgehead atoms. The standard InChI is InChI=1S/C19H20ClN3O/c1-13-5-8-18(23-12-17(20)9-13)4-2-3-14-10-15(19(22)24)6-7-16(14)11-21/h6-10,12-13H,2-5H2,1H3,(H2,22,24)/b17-9+,18-8+,23-12-. The average molecular weight is 342 g/mol. The van der Waals surface area contributed by atoms with Gasteiger partial charge in [-0.05, 0) is 55.4 Å². The summed E-state index contributed by atoms with van der Waals surface area (Å²) >= 11 is 6.08. The Kier molecular flexibility index (Phi) is 6.34. The summed E-state index contributed by atoms with van der Waals surface area (Å²) in [5.41, 5.74) is 8.16. The van der Waals surface area contributed by atoms with E-state index >= 15 is 0 Å². The number of amides is 1. The van der Waals surface area contributed by atoms with Crippen molar-refractivity contribution >= 4 is 23.7 Å². The van der Waals surface area contributed by atoms with E-state index in [1.807, 2.05) is 6.08 Å². The van der Waals surface area contributed by atoms with Crippen molar-refractivity contribution in [2.45, 2.75) is 32.6 Å². The highest BCUT2D eigenvalue weighted by Crippen LogP contribution is 2.20. The van der Waals surface area contributed by atoms with Gasteiger partial charge in [0.15, 0.2) is 0 Å². The van der Waals surface area contributed by atoms with E-state index in [2.05, 4.69) is 24.1 Å². The third kappa shape index (κ3) is 5.07. The van der Waals surface area contributed by atoms with Gasteiger partial charge in [0.2, 0.25) is 5.91 Å². The molecule has 1 aromatic rings. The first kappa shape index (κ1) is 18.0. The van der Waals surface area contributed by atoms with Crippen LogP contribution in [0.5, 0.6) is 0 Å². The molecule has 0 aromatic heterocycles. The molecular formula is C19H20ClN3O. The molecule has 1 aliphatic heterocycles. The second kappa shape index (κ2) is 8.47. The lowest BCUT2D eigenvalue weighted by molar-refractivity contribution is 0.1000. The second-order valence-electron chi connectivity index (χ2n) is 5.92. The predicted molar refractivity (Wildman–Crippen MR) is 96.9 cm³/mol. The SMILES string of the molecule is CC1\C=C(Cl)/C=N\C(CCCc2cc(C(N)=O)ccc2C#N)=C\C1. The number of nitriles is 1. The van der Waals surface area contributed by atoms with E-state index in [1.165, 1.54) is 0 Å². The fourth-order valence-corrected chi connectivity index (χ4v) is 2.86. The summed E-state index contributed by atoms with van der Waals surface area (Å²) in [4.78, 5) is 15.7. The Labute approximate surface area is 147 Å². The highest BCUT2D eigenvalue weighted by molar-refractivity contribution is 6.39. The molecule has 1 unspecified atom stereocenters. The molecule has 124 valence electrons. The number of carbonyl (C=O) groups is 1. The average Bonchev–Trinajstić information content (AvgIpc) is 2.55. The Morgan fingerprint density at radius 3 is 2.96 bits per heavy atom. The molecule has 1 heterocycles. The Hall–Kier alpha value is -2.38. The zero-order chi connectivity index (χ0) is 17.5. The van der Waals surface area contributed by atoms with Gasteiger partial charge in [-0.25, -0.2) is 0 Å². The van der Waals surface area contributed by atoms with Crippen LogP contribution >= 0.6 is 11.6 Å². The first-order chi connectivity index (χ1) is 11.5. The normalized spacial score (nSPS) is 23.0. The molecule has 0 saturated carbocycles. The molecular weight excluding hydrogens is 322 g/mol. The summed E-state index contributed by atoms with van der Waals surface area (Å²) < 4.78 is 0. The van der Waals surface area contributed by atoms with Crippen molar-refractivity contribution in [3.05, 3.63) is 57.8 Å². The number of rotatable bonds is 5. The van der Waals surface area contributed by atoms with Crippen LogP contribution < -0.4 is 5.73 Å². The molecule has 0 fully saturated rings. The van der Waals surface area contributed by atoms with Gasteiger partial charge in [0.05, 0.1) is 16.7 Å². The van der Waals surface area contributed by atoms with Crippen molar-refractivity contribution in [1.29, 1.82) is 5.26 Å². The van der Waals surface area contributed by atoms with Crippen LogP contribution in [0.1, 0.15) is 47.7 Å². The maximum absolute atomic E-state index is 11.3. The molecule has 1 atom stereocenters. The first-order valence-corrected chi connectivity index (χ1v) is 8.30. The molecule has 4 nitrogen and oxygen atoms in total. The molecule has 1 amide bonds. The number of allylic oxidation sites excluding steroid dienone is 4. The van der Waals surface area contributed by atoms with E-state index in [9.17, 15) is 10.1 Å².